The summed E-state index contributed by atoms with van der Waals surface area (Å²) in [6.45, 7) is 8.74. The maximum absolute atomic E-state index is 11.8. The van der Waals surface area contributed by atoms with Crippen molar-refractivity contribution >= 4 is 11.3 Å². The predicted molar refractivity (Wildman–Crippen MR) is 108 cm³/mol. The monoisotopic (exact) mass is 367 g/mol. The lowest BCUT2D eigenvalue weighted by Gasteiger charge is -2.13. The summed E-state index contributed by atoms with van der Waals surface area (Å²) < 4.78 is 1.71. The summed E-state index contributed by atoms with van der Waals surface area (Å²) in [6, 6.07) is 13.6. The molecule has 0 aliphatic carbocycles. The summed E-state index contributed by atoms with van der Waals surface area (Å²) in [6.07, 6.45) is 1.82. The van der Waals surface area contributed by atoms with Crippen molar-refractivity contribution in [3.8, 4) is 0 Å². The standard InChI is InChI=1S/C21H25N3OS/c1-21(2,3)20-23-18(15-26-20)13-22-12-16-7-9-17(10-8-16)14-24-11-5-4-6-19(24)25/h4-11,15,22H,12-14H2,1-3H3. The largest absolute Gasteiger partial charge is 0.311 e. The number of pyridine rings is 1. The SMILES string of the molecule is CC(C)(C)c1nc(CNCc2ccc(Cn3ccccc3=O)cc2)cs1. The summed E-state index contributed by atoms with van der Waals surface area (Å²) in [5, 5.41) is 6.76. The van der Waals surface area contributed by atoms with Crippen LogP contribution in [0.1, 0.15) is 42.6 Å². The van der Waals surface area contributed by atoms with Gasteiger partial charge in [0.25, 0.3) is 5.56 Å². The highest BCUT2D eigenvalue weighted by Gasteiger charge is 2.17. The van der Waals surface area contributed by atoms with Crippen LogP contribution in [0, 0.1) is 0 Å². The van der Waals surface area contributed by atoms with Crippen molar-refractivity contribution in [3.05, 3.63) is 86.2 Å². The zero-order chi connectivity index (χ0) is 18.6. The molecule has 26 heavy (non-hydrogen) atoms. The second-order valence-electron chi connectivity index (χ2n) is 7.48. The van der Waals surface area contributed by atoms with Crippen LogP contribution in [-0.2, 0) is 25.0 Å². The molecule has 0 spiro atoms. The summed E-state index contributed by atoms with van der Waals surface area (Å²) in [4.78, 5) is 16.5. The lowest BCUT2D eigenvalue weighted by atomic mass is 9.98. The van der Waals surface area contributed by atoms with Crippen molar-refractivity contribution in [1.29, 1.82) is 0 Å². The van der Waals surface area contributed by atoms with Gasteiger partial charge < -0.3 is 9.88 Å². The van der Waals surface area contributed by atoms with E-state index in [9.17, 15) is 4.79 Å². The van der Waals surface area contributed by atoms with Gasteiger partial charge in [-0.3, -0.25) is 4.79 Å². The van der Waals surface area contributed by atoms with Crippen molar-refractivity contribution in [3.63, 3.8) is 0 Å². The van der Waals surface area contributed by atoms with Crippen LogP contribution in [-0.4, -0.2) is 9.55 Å². The van der Waals surface area contributed by atoms with Crippen LogP contribution in [0.15, 0.2) is 58.8 Å². The lowest BCUT2D eigenvalue weighted by molar-refractivity contribution is 0.579. The molecule has 0 unspecified atom stereocenters. The molecule has 5 heteroatoms. The molecule has 1 aromatic carbocycles. The van der Waals surface area contributed by atoms with Gasteiger partial charge in [0.1, 0.15) is 0 Å². The van der Waals surface area contributed by atoms with E-state index in [4.69, 9.17) is 4.98 Å². The van der Waals surface area contributed by atoms with Crippen LogP contribution in [0.4, 0.5) is 0 Å². The van der Waals surface area contributed by atoms with Crippen LogP contribution in [0.25, 0.3) is 0 Å². The zero-order valence-electron chi connectivity index (χ0n) is 15.5. The first kappa shape index (κ1) is 18.5. The van der Waals surface area contributed by atoms with Crippen molar-refractivity contribution in [2.75, 3.05) is 0 Å². The Morgan fingerprint density at radius 3 is 2.42 bits per heavy atom. The molecule has 0 aliphatic rings. The Kier molecular flexibility index (Phi) is 5.69. The van der Waals surface area contributed by atoms with Gasteiger partial charge in [-0.1, -0.05) is 51.1 Å². The van der Waals surface area contributed by atoms with Gasteiger partial charge >= 0.3 is 0 Å². The minimum Gasteiger partial charge on any atom is -0.311 e. The van der Waals surface area contributed by atoms with E-state index in [1.807, 2.05) is 12.3 Å². The number of nitrogens with zero attached hydrogens (tertiary/aromatic N) is 2. The van der Waals surface area contributed by atoms with E-state index >= 15 is 0 Å². The zero-order valence-corrected chi connectivity index (χ0v) is 16.3. The first-order valence-corrected chi connectivity index (χ1v) is 9.69. The van der Waals surface area contributed by atoms with Gasteiger partial charge in [0.2, 0.25) is 0 Å². The molecule has 0 saturated carbocycles. The smallest absolute Gasteiger partial charge is 0.250 e. The van der Waals surface area contributed by atoms with Crippen LogP contribution in [0.5, 0.6) is 0 Å². The van der Waals surface area contributed by atoms with Gasteiger partial charge in [-0.2, -0.15) is 0 Å². The van der Waals surface area contributed by atoms with Crippen molar-refractivity contribution in [2.24, 2.45) is 0 Å². The van der Waals surface area contributed by atoms with E-state index in [0.717, 1.165) is 24.3 Å². The van der Waals surface area contributed by atoms with Gasteiger partial charge in [-0.15, -0.1) is 11.3 Å². The summed E-state index contributed by atoms with van der Waals surface area (Å²) in [5.74, 6) is 0. The van der Waals surface area contributed by atoms with Crippen LogP contribution in [0.2, 0.25) is 0 Å². The van der Waals surface area contributed by atoms with Gasteiger partial charge in [-0.25, -0.2) is 4.98 Å². The lowest BCUT2D eigenvalue weighted by Crippen LogP contribution is -2.18. The van der Waals surface area contributed by atoms with E-state index < -0.39 is 0 Å². The van der Waals surface area contributed by atoms with Gasteiger partial charge in [0.15, 0.2) is 0 Å². The second-order valence-corrected chi connectivity index (χ2v) is 8.34. The third kappa shape index (κ3) is 4.90. The number of hydrogen-bond acceptors (Lipinski definition) is 4. The van der Waals surface area contributed by atoms with E-state index in [2.05, 4.69) is 55.7 Å². The molecule has 4 nitrogen and oxygen atoms in total. The molecule has 3 aromatic rings. The molecular formula is C21H25N3OS. The Labute approximate surface area is 158 Å². The maximum Gasteiger partial charge on any atom is 0.250 e. The number of rotatable bonds is 6. The topological polar surface area (TPSA) is 46.9 Å². The third-order valence-electron chi connectivity index (χ3n) is 4.10. The molecule has 0 aliphatic heterocycles. The fourth-order valence-electron chi connectivity index (χ4n) is 2.62. The minimum atomic E-state index is 0.0242. The van der Waals surface area contributed by atoms with Crippen molar-refractivity contribution < 1.29 is 0 Å². The Morgan fingerprint density at radius 2 is 1.77 bits per heavy atom. The number of nitrogens with one attached hydrogen (secondary N) is 1. The molecule has 0 bridgehead atoms. The Hall–Kier alpha value is -2.24. The minimum absolute atomic E-state index is 0.0242. The Morgan fingerprint density at radius 1 is 1.04 bits per heavy atom. The van der Waals surface area contributed by atoms with E-state index in [-0.39, 0.29) is 11.0 Å². The van der Waals surface area contributed by atoms with Crippen molar-refractivity contribution in [2.45, 2.75) is 45.8 Å². The number of benzene rings is 1. The third-order valence-corrected chi connectivity index (χ3v) is 5.42. The van der Waals surface area contributed by atoms with Gasteiger partial charge in [-0.05, 0) is 17.2 Å². The highest BCUT2D eigenvalue weighted by atomic mass is 32.1. The van der Waals surface area contributed by atoms with Crippen LogP contribution in [0.3, 0.4) is 0 Å². The van der Waals surface area contributed by atoms with Gasteiger partial charge in [0.05, 0.1) is 17.2 Å². The molecule has 0 saturated heterocycles. The molecule has 0 atom stereocenters. The fraction of sp³-hybridized carbons (Fsp3) is 0.333. The molecule has 0 amide bonds. The molecule has 0 fully saturated rings. The molecule has 2 heterocycles. The van der Waals surface area contributed by atoms with E-state index in [1.165, 1.54) is 10.6 Å². The molecule has 3 rings (SSSR count). The van der Waals surface area contributed by atoms with E-state index in [1.54, 1.807) is 28.0 Å². The Balaban J connectivity index is 1.52. The fourth-order valence-corrected chi connectivity index (χ4v) is 3.53. The van der Waals surface area contributed by atoms with Crippen molar-refractivity contribution in [1.82, 2.24) is 14.9 Å². The quantitative estimate of drug-likeness (QED) is 0.718. The predicted octanol–water partition coefficient (Wildman–Crippen LogP) is 3.94. The molecule has 0 radical (unpaired) electrons. The molecular weight excluding hydrogens is 342 g/mol. The average molecular weight is 368 g/mol. The Bertz CT molecular complexity index is 904. The normalized spacial score (nSPS) is 11.7. The van der Waals surface area contributed by atoms with Crippen LogP contribution >= 0.6 is 11.3 Å². The maximum atomic E-state index is 11.8. The number of thiazole rings is 1. The summed E-state index contributed by atoms with van der Waals surface area (Å²) in [7, 11) is 0. The van der Waals surface area contributed by atoms with Gasteiger partial charge in [0, 0.05) is 36.1 Å². The molecule has 2 aromatic heterocycles. The summed E-state index contributed by atoms with van der Waals surface area (Å²) in [5.41, 5.74) is 3.58. The first-order chi connectivity index (χ1) is 12.4. The summed E-state index contributed by atoms with van der Waals surface area (Å²) >= 11 is 1.73. The van der Waals surface area contributed by atoms with Crippen LogP contribution < -0.4 is 10.9 Å². The number of aromatic nitrogens is 2. The average Bonchev–Trinajstić information content (AvgIpc) is 3.08. The number of hydrogen-bond donors (Lipinski definition) is 1. The second kappa shape index (κ2) is 7.98. The van der Waals surface area contributed by atoms with E-state index in [0.29, 0.717) is 6.54 Å². The molecule has 136 valence electrons. The highest BCUT2D eigenvalue weighted by Crippen LogP contribution is 2.25. The molecule has 1 N–H and O–H groups in total. The first-order valence-electron chi connectivity index (χ1n) is 8.81. The highest BCUT2D eigenvalue weighted by molar-refractivity contribution is 7.09.